The Kier molecular flexibility index (Phi) is 4.60. The van der Waals surface area contributed by atoms with Crippen molar-refractivity contribution in [1.82, 2.24) is 14.9 Å². The predicted octanol–water partition coefficient (Wildman–Crippen LogP) is 2.93. The third-order valence-corrected chi connectivity index (χ3v) is 4.21. The highest BCUT2D eigenvalue weighted by Gasteiger charge is 2.21. The van der Waals surface area contributed by atoms with Gasteiger partial charge in [0, 0.05) is 37.5 Å². The van der Waals surface area contributed by atoms with Gasteiger partial charge in [-0.2, -0.15) is 0 Å². The Hall–Kier alpha value is -1.65. The van der Waals surface area contributed by atoms with Crippen LogP contribution in [0.25, 0.3) is 0 Å². The van der Waals surface area contributed by atoms with Crippen LogP contribution in [-0.2, 0) is 25.9 Å². The molecule has 5 heteroatoms. The number of halogens is 1. The van der Waals surface area contributed by atoms with Gasteiger partial charge in [-0.05, 0) is 24.1 Å². The molecule has 2 aromatic rings. The second-order valence-corrected chi connectivity index (χ2v) is 6.21. The number of aryl methyl sites for hydroxylation is 1. The minimum absolute atomic E-state index is 0.0178. The third kappa shape index (κ3) is 3.39. The first-order valence-corrected chi connectivity index (χ1v) is 8.11. The number of fused-ring (bicyclic) bond motifs is 1. The van der Waals surface area contributed by atoms with E-state index in [4.69, 9.17) is 11.6 Å². The number of benzene rings is 1. The lowest BCUT2D eigenvalue weighted by atomic mass is 10.1. The number of aromatic amines is 1. The monoisotopic (exact) mass is 317 g/mol. The Morgan fingerprint density at radius 3 is 3.05 bits per heavy atom. The number of nitrogens with zero attached hydrogens (tertiary/aromatic N) is 2. The van der Waals surface area contributed by atoms with Crippen LogP contribution in [0.2, 0.25) is 5.02 Å². The van der Waals surface area contributed by atoms with Crippen molar-refractivity contribution in [3.05, 3.63) is 62.3 Å². The SMILES string of the molecule is CCCc1nc2c(c(=O)[nH]1)CN(Cc1cccc(Cl)c1)CC2. The summed E-state index contributed by atoms with van der Waals surface area (Å²) in [5, 5.41) is 0.749. The zero-order valence-electron chi connectivity index (χ0n) is 12.7. The van der Waals surface area contributed by atoms with Gasteiger partial charge in [-0.1, -0.05) is 30.7 Å². The first kappa shape index (κ1) is 15.3. The van der Waals surface area contributed by atoms with Gasteiger partial charge >= 0.3 is 0 Å². The Labute approximate surface area is 135 Å². The number of H-pyrrole nitrogens is 1. The number of nitrogens with one attached hydrogen (secondary N) is 1. The lowest BCUT2D eigenvalue weighted by molar-refractivity contribution is 0.241. The summed E-state index contributed by atoms with van der Waals surface area (Å²) < 4.78 is 0. The van der Waals surface area contributed by atoms with Gasteiger partial charge in [-0.3, -0.25) is 9.69 Å². The minimum atomic E-state index is 0.0178. The summed E-state index contributed by atoms with van der Waals surface area (Å²) in [5.41, 5.74) is 2.97. The molecule has 0 saturated heterocycles. The lowest BCUT2D eigenvalue weighted by Crippen LogP contribution is -2.35. The Morgan fingerprint density at radius 2 is 2.27 bits per heavy atom. The second kappa shape index (κ2) is 6.63. The highest BCUT2D eigenvalue weighted by Crippen LogP contribution is 2.18. The zero-order valence-corrected chi connectivity index (χ0v) is 13.5. The van der Waals surface area contributed by atoms with E-state index in [0.29, 0.717) is 6.54 Å². The van der Waals surface area contributed by atoms with E-state index in [0.717, 1.165) is 54.5 Å². The molecular formula is C17H20ClN3O. The van der Waals surface area contributed by atoms with E-state index < -0.39 is 0 Å². The van der Waals surface area contributed by atoms with Crippen LogP contribution in [0, 0.1) is 0 Å². The molecule has 0 bridgehead atoms. The molecule has 2 heterocycles. The van der Waals surface area contributed by atoms with Crippen molar-refractivity contribution in [2.24, 2.45) is 0 Å². The summed E-state index contributed by atoms with van der Waals surface area (Å²) in [5.74, 6) is 0.814. The molecule has 1 aromatic heterocycles. The molecule has 1 aromatic carbocycles. The summed E-state index contributed by atoms with van der Waals surface area (Å²) in [6.07, 6.45) is 2.65. The Morgan fingerprint density at radius 1 is 1.41 bits per heavy atom. The minimum Gasteiger partial charge on any atom is -0.310 e. The molecule has 0 aliphatic carbocycles. The molecule has 116 valence electrons. The molecule has 0 unspecified atom stereocenters. The van der Waals surface area contributed by atoms with Gasteiger partial charge in [0.1, 0.15) is 5.82 Å². The van der Waals surface area contributed by atoms with Crippen molar-refractivity contribution in [2.75, 3.05) is 6.54 Å². The maximum absolute atomic E-state index is 12.3. The van der Waals surface area contributed by atoms with Gasteiger partial charge in [0.15, 0.2) is 0 Å². The van der Waals surface area contributed by atoms with Crippen LogP contribution in [0.4, 0.5) is 0 Å². The van der Waals surface area contributed by atoms with E-state index in [-0.39, 0.29) is 5.56 Å². The average Bonchev–Trinajstić information content (AvgIpc) is 2.48. The van der Waals surface area contributed by atoms with Crippen LogP contribution in [-0.4, -0.2) is 21.4 Å². The number of hydrogen-bond donors (Lipinski definition) is 1. The third-order valence-electron chi connectivity index (χ3n) is 3.98. The van der Waals surface area contributed by atoms with Crippen LogP contribution >= 0.6 is 11.6 Å². The van der Waals surface area contributed by atoms with Gasteiger partial charge in [0.05, 0.1) is 11.3 Å². The Bertz CT molecular complexity index is 726. The average molecular weight is 318 g/mol. The van der Waals surface area contributed by atoms with Crippen molar-refractivity contribution in [3.8, 4) is 0 Å². The van der Waals surface area contributed by atoms with Crippen molar-refractivity contribution < 1.29 is 0 Å². The fourth-order valence-electron chi connectivity index (χ4n) is 2.92. The molecule has 0 fully saturated rings. The number of hydrogen-bond acceptors (Lipinski definition) is 3. The highest BCUT2D eigenvalue weighted by molar-refractivity contribution is 6.30. The van der Waals surface area contributed by atoms with Gasteiger partial charge in [0.25, 0.3) is 5.56 Å². The molecule has 22 heavy (non-hydrogen) atoms. The van der Waals surface area contributed by atoms with Crippen LogP contribution in [0.3, 0.4) is 0 Å². The zero-order chi connectivity index (χ0) is 15.5. The Balaban J connectivity index is 1.78. The molecule has 0 atom stereocenters. The highest BCUT2D eigenvalue weighted by atomic mass is 35.5. The molecule has 0 radical (unpaired) electrons. The van der Waals surface area contributed by atoms with Crippen LogP contribution < -0.4 is 5.56 Å². The summed E-state index contributed by atoms with van der Waals surface area (Å²) in [6, 6.07) is 7.87. The quantitative estimate of drug-likeness (QED) is 0.943. The van der Waals surface area contributed by atoms with E-state index in [1.807, 2.05) is 18.2 Å². The maximum atomic E-state index is 12.3. The molecule has 1 aliphatic rings. The normalized spacial score (nSPS) is 14.8. The fourth-order valence-corrected chi connectivity index (χ4v) is 3.13. The summed E-state index contributed by atoms with van der Waals surface area (Å²) in [7, 11) is 0. The largest absolute Gasteiger partial charge is 0.310 e. The van der Waals surface area contributed by atoms with Gasteiger partial charge in [0.2, 0.25) is 0 Å². The summed E-state index contributed by atoms with van der Waals surface area (Å²) in [4.78, 5) is 22.1. The van der Waals surface area contributed by atoms with E-state index >= 15 is 0 Å². The van der Waals surface area contributed by atoms with Crippen LogP contribution in [0.15, 0.2) is 29.1 Å². The molecule has 4 nitrogen and oxygen atoms in total. The molecule has 1 N–H and O–H groups in total. The summed E-state index contributed by atoms with van der Waals surface area (Å²) >= 11 is 6.03. The van der Waals surface area contributed by atoms with E-state index in [1.165, 1.54) is 5.56 Å². The predicted molar refractivity (Wildman–Crippen MR) is 88.1 cm³/mol. The molecule has 3 rings (SSSR count). The van der Waals surface area contributed by atoms with E-state index in [2.05, 4.69) is 27.9 Å². The maximum Gasteiger partial charge on any atom is 0.255 e. The smallest absolute Gasteiger partial charge is 0.255 e. The van der Waals surface area contributed by atoms with Gasteiger partial charge in [-0.15, -0.1) is 0 Å². The molecule has 0 spiro atoms. The van der Waals surface area contributed by atoms with Crippen LogP contribution in [0.1, 0.15) is 36.0 Å². The second-order valence-electron chi connectivity index (χ2n) is 5.78. The first-order chi connectivity index (χ1) is 10.7. The molecular weight excluding hydrogens is 298 g/mol. The standard InChI is InChI=1S/C17H20ClN3O/c1-2-4-16-19-15-7-8-21(11-14(15)17(22)20-16)10-12-5-3-6-13(18)9-12/h3,5-6,9H,2,4,7-8,10-11H2,1H3,(H,19,20,22). The molecule has 0 saturated carbocycles. The van der Waals surface area contributed by atoms with E-state index in [1.54, 1.807) is 0 Å². The van der Waals surface area contributed by atoms with Gasteiger partial charge in [-0.25, -0.2) is 4.98 Å². The van der Waals surface area contributed by atoms with Crippen LogP contribution in [0.5, 0.6) is 0 Å². The van der Waals surface area contributed by atoms with Crippen molar-refractivity contribution in [1.29, 1.82) is 0 Å². The van der Waals surface area contributed by atoms with Crippen molar-refractivity contribution in [2.45, 2.75) is 39.3 Å². The topological polar surface area (TPSA) is 49.0 Å². The fraction of sp³-hybridized carbons (Fsp3) is 0.412. The van der Waals surface area contributed by atoms with E-state index in [9.17, 15) is 4.79 Å². The lowest BCUT2D eigenvalue weighted by Gasteiger charge is -2.27. The first-order valence-electron chi connectivity index (χ1n) is 7.73. The number of aromatic nitrogens is 2. The molecule has 1 aliphatic heterocycles. The molecule has 0 amide bonds. The van der Waals surface area contributed by atoms with Crippen molar-refractivity contribution in [3.63, 3.8) is 0 Å². The number of rotatable bonds is 4. The summed E-state index contributed by atoms with van der Waals surface area (Å²) in [6.45, 7) is 4.46. The van der Waals surface area contributed by atoms with Gasteiger partial charge < -0.3 is 4.98 Å². The van der Waals surface area contributed by atoms with Crippen molar-refractivity contribution >= 4 is 11.6 Å².